The summed E-state index contributed by atoms with van der Waals surface area (Å²) in [6, 6.07) is 45.5. The fourth-order valence-corrected chi connectivity index (χ4v) is 9.73. The Bertz CT molecular complexity index is 2650. The Hall–Kier alpha value is -6.46. The van der Waals surface area contributed by atoms with Crippen LogP contribution in [0.3, 0.4) is 0 Å². The van der Waals surface area contributed by atoms with Crippen molar-refractivity contribution in [1.29, 1.82) is 0 Å². The van der Waals surface area contributed by atoms with Crippen molar-refractivity contribution in [3.8, 4) is 0 Å². The molecule has 0 saturated carbocycles. The van der Waals surface area contributed by atoms with E-state index in [1.165, 1.54) is 61.2 Å². The first-order chi connectivity index (χ1) is 27.2. The zero-order chi connectivity index (χ0) is 36.5. The highest BCUT2D eigenvalue weighted by Crippen LogP contribution is 2.56. The summed E-state index contributed by atoms with van der Waals surface area (Å²) in [5.41, 5.74) is 13.7. The summed E-state index contributed by atoms with van der Waals surface area (Å²) >= 11 is 0. The molecule has 1 N–H and O–H groups in total. The minimum Gasteiger partial charge on any atom is -0.385 e. The van der Waals surface area contributed by atoms with Crippen LogP contribution in [0.5, 0.6) is 0 Å². The second kappa shape index (κ2) is 12.8. The maximum atomic E-state index is 5.21. The molecule has 0 spiro atoms. The number of anilines is 5. The number of benzene rings is 5. The Morgan fingerprint density at radius 1 is 0.673 bits per heavy atom. The molecule has 5 aliphatic rings. The molecule has 0 bridgehead atoms. The molecule has 5 aromatic carbocycles. The molecule has 5 atom stereocenters. The van der Waals surface area contributed by atoms with Crippen LogP contribution in [0.2, 0.25) is 0 Å². The summed E-state index contributed by atoms with van der Waals surface area (Å²) in [5.74, 6) is 1.74. The quantitative estimate of drug-likeness (QED) is 0.198. The molecule has 5 heterocycles. The minimum atomic E-state index is 0.112. The van der Waals surface area contributed by atoms with Crippen LogP contribution in [-0.2, 0) is 0 Å². The molecule has 11 rings (SSSR count). The highest BCUT2D eigenvalue weighted by atomic mass is 15.3. The Balaban J connectivity index is 1.04. The number of aromatic nitrogens is 1. The van der Waals surface area contributed by atoms with E-state index in [9.17, 15) is 0 Å². The van der Waals surface area contributed by atoms with Gasteiger partial charge in [0.1, 0.15) is 5.82 Å². The van der Waals surface area contributed by atoms with Crippen molar-refractivity contribution in [1.82, 2.24) is 4.98 Å². The van der Waals surface area contributed by atoms with E-state index < -0.39 is 0 Å². The molecule has 0 saturated heterocycles. The summed E-state index contributed by atoms with van der Waals surface area (Å²) in [6.45, 7) is 3.16. The number of dihydropyridines is 1. The van der Waals surface area contributed by atoms with E-state index in [2.05, 4.69) is 185 Å². The van der Waals surface area contributed by atoms with Gasteiger partial charge in [-0.1, -0.05) is 115 Å². The maximum absolute atomic E-state index is 5.21. The molecular weight excluding hydrogens is 671 g/mol. The number of para-hydroxylation sites is 3. The van der Waals surface area contributed by atoms with E-state index in [0.29, 0.717) is 5.92 Å². The van der Waals surface area contributed by atoms with Crippen molar-refractivity contribution in [3.05, 3.63) is 192 Å². The number of pyridine rings is 1. The predicted molar refractivity (Wildman–Crippen MR) is 229 cm³/mol. The monoisotopic (exact) mass is 711 g/mol. The molecule has 5 nitrogen and oxygen atoms in total. The van der Waals surface area contributed by atoms with Crippen molar-refractivity contribution in [3.63, 3.8) is 0 Å². The van der Waals surface area contributed by atoms with Crippen LogP contribution >= 0.6 is 0 Å². The summed E-state index contributed by atoms with van der Waals surface area (Å²) in [6.07, 6.45) is 18.5. The second-order valence-corrected chi connectivity index (χ2v) is 15.3. The minimum absolute atomic E-state index is 0.112. The van der Waals surface area contributed by atoms with E-state index in [0.717, 1.165) is 30.2 Å². The Labute approximate surface area is 322 Å². The smallest absolute Gasteiger partial charge is 0.133 e. The zero-order valence-corrected chi connectivity index (χ0v) is 30.8. The van der Waals surface area contributed by atoms with Crippen molar-refractivity contribution in [2.24, 2.45) is 10.9 Å². The summed E-state index contributed by atoms with van der Waals surface area (Å²) in [5, 5.41) is 6.10. The first-order valence-corrected chi connectivity index (χ1v) is 19.6. The van der Waals surface area contributed by atoms with Crippen LogP contribution in [-0.4, -0.2) is 29.8 Å². The zero-order valence-electron chi connectivity index (χ0n) is 30.8. The van der Waals surface area contributed by atoms with E-state index >= 15 is 0 Å². The predicted octanol–water partition coefficient (Wildman–Crippen LogP) is 11.6. The molecule has 55 heavy (non-hydrogen) atoms. The highest BCUT2D eigenvalue weighted by Gasteiger charge is 2.44. The number of hydrogen-bond acceptors (Lipinski definition) is 5. The number of allylic oxidation sites excluding steroid dienone is 3. The lowest BCUT2D eigenvalue weighted by Gasteiger charge is -2.33. The van der Waals surface area contributed by atoms with Gasteiger partial charge < -0.3 is 15.1 Å². The van der Waals surface area contributed by atoms with Crippen molar-refractivity contribution >= 4 is 56.8 Å². The number of hydrogen-bond donors (Lipinski definition) is 1. The Morgan fingerprint density at radius 3 is 2.29 bits per heavy atom. The van der Waals surface area contributed by atoms with Gasteiger partial charge in [0.2, 0.25) is 0 Å². The fraction of sp³-hybridized carbons (Fsp3) is 0.160. The van der Waals surface area contributed by atoms with Gasteiger partial charge in [0.25, 0.3) is 0 Å². The second-order valence-electron chi connectivity index (χ2n) is 15.3. The third kappa shape index (κ3) is 5.14. The maximum Gasteiger partial charge on any atom is 0.133 e. The number of rotatable bonds is 4. The van der Waals surface area contributed by atoms with E-state index in [1.807, 2.05) is 12.3 Å². The van der Waals surface area contributed by atoms with E-state index in [4.69, 9.17) is 4.98 Å². The Morgan fingerprint density at radius 2 is 1.42 bits per heavy atom. The van der Waals surface area contributed by atoms with Crippen LogP contribution in [0.15, 0.2) is 169 Å². The number of aliphatic imine (C=N–C) groups is 1. The molecule has 1 aliphatic carbocycles. The molecule has 5 unspecified atom stereocenters. The molecule has 0 radical (unpaired) electrons. The summed E-state index contributed by atoms with van der Waals surface area (Å²) < 4.78 is 0. The highest BCUT2D eigenvalue weighted by molar-refractivity contribution is 6.11. The van der Waals surface area contributed by atoms with Crippen LogP contribution in [0, 0.1) is 5.92 Å². The summed E-state index contributed by atoms with van der Waals surface area (Å²) in [4.78, 5) is 14.8. The molecule has 5 heteroatoms. The van der Waals surface area contributed by atoms with Gasteiger partial charge >= 0.3 is 0 Å². The average molecular weight is 712 g/mol. The van der Waals surface area contributed by atoms with Gasteiger partial charge in [-0.3, -0.25) is 4.99 Å². The third-order valence-electron chi connectivity index (χ3n) is 12.3. The van der Waals surface area contributed by atoms with Gasteiger partial charge in [0.15, 0.2) is 0 Å². The standard InChI is InChI=1S/C50H41N5/c1-32-38(15-10-27-51-32)36-23-25-48(53-31-36)55-46-18-8-4-13-42(46)49-41-12-3-7-17-45(41)54(47-19-9-5-14-43(47)50(49)55)37-24-22-33-29-35(21-20-34(33)30-37)39-26-28-52-44-16-6-2-11-40(39)44/h2-25,27,29-32,38-39,42,46,52H,26,28H2,1H3. The SMILES string of the molecule is CC1N=CC=CC1c1ccc(N2C3=C(c4ccccc4N(c4ccc5cc(C6CCNc7ccccc76)ccc5c4)c4ccccc43)C3C=CC=CC32)nc1. The molecule has 4 aliphatic heterocycles. The molecule has 266 valence electrons. The first-order valence-electron chi connectivity index (χ1n) is 19.6. The molecule has 1 aromatic heterocycles. The number of nitrogens with zero attached hydrogens (tertiary/aromatic N) is 4. The lowest BCUT2D eigenvalue weighted by atomic mass is 9.84. The fourth-order valence-electron chi connectivity index (χ4n) is 9.73. The van der Waals surface area contributed by atoms with E-state index in [1.54, 1.807) is 0 Å². The van der Waals surface area contributed by atoms with Gasteiger partial charge in [0, 0.05) is 59.2 Å². The first kappa shape index (κ1) is 32.0. The van der Waals surface area contributed by atoms with Crippen LogP contribution in [0.4, 0.5) is 28.6 Å². The van der Waals surface area contributed by atoms with E-state index in [-0.39, 0.29) is 23.9 Å². The van der Waals surface area contributed by atoms with Crippen molar-refractivity contribution < 1.29 is 0 Å². The van der Waals surface area contributed by atoms with Gasteiger partial charge in [0.05, 0.1) is 29.2 Å². The van der Waals surface area contributed by atoms with Gasteiger partial charge in [-0.15, -0.1) is 0 Å². The largest absolute Gasteiger partial charge is 0.385 e. The molecule has 6 aromatic rings. The number of nitrogens with one attached hydrogen (secondary N) is 1. The Kier molecular flexibility index (Phi) is 7.48. The van der Waals surface area contributed by atoms with Crippen molar-refractivity contribution in [2.45, 2.75) is 37.3 Å². The van der Waals surface area contributed by atoms with Gasteiger partial charge in [-0.05, 0) is 88.9 Å². The van der Waals surface area contributed by atoms with Crippen LogP contribution in [0.25, 0.3) is 22.0 Å². The third-order valence-corrected chi connectivity index (χ3v) is 12.3. The lowest BCUT2D eigenvalue weighted by molar-refractivity contribution is 0.658. The molecule has 0 fully saturated rings. The summed E-state index contributed by atoms with van der Waals surface area (Å²) in [7, 11) is 0. The lowest BCUT2D eigenvalue weighted by Crippen LogP contribution is -2.33. The topological polar surface area (TPSA) is 43.8 Å². The molecular formula is C50H41N5. The normalized spacial score (nSPS) is 23.1. The number of fused-ring (bicyclic) bond motifs is 8. The van der Waals surface area contributed by atoms with Gasteiger partial charge in [-0.25, -0.2) is 4.98 Å². The van der Waals surface area contributed by atoms with Crippen LogP contribution in [0.1, 0.15) is 53.0 Å². The van der Waals surface area contributed by atoms with Gasteiger partial charge in [-0.2, -0.15) is 0 Å². The van der Waals surface area contributed by atoms with Crippen molar-refractivity contribution in [2.75, 3.05) is 21.7 Å². The molecule has 0 amide bonds. The average Bonchev–Trinajstić information content (AvgIpc) is 3.52. The van der Waals surface area contributed by atoms with Crippen LogP contribution < -0.4 is 15.1 Å².